The second kappa shape index (κ2) is 4.25. The quantitative estimate of drug-likeness (QED) is 0.487. The number of phenols is 1. The van der Waals surface area contributed by atoms with Crippen molar-refractivity contribution in [2.24, 2.45) is 0 Å². The minimum Gasteiger partial charge on any atom is -0.508 e. The van der Waals surface area contributed by atoms with Crippen LogP contribution < -0.4 is 4.74 Å². The molecule has 0 aliphatic carbocycles. The summed E-state index contributed by atoms with van der Waals surface area (Å²) < 4.78 is 4.86. The zero-order chi connectivity index (χ0) is 12.4. The Morgan fingerprint density at radius 3 is 2.41 bits per heavy atom. The molecule has 0 saturated heterocycles. The highest BCUT2D eigenvalue weighted by Crippen LogP contribution is 2.24. The van der Waals surface area contributed by atoms with Crippen LogP contribution in [-0.2, 0) is 9.59 Å². The van der Waals surface area contributed by atoms with E-state index in [-0.39, 0.29) is 5.75 Å². The second-order valence-corrected chi connectivity index (χ2v) is 3.64. The maximum Gasteiger partial charge on any atom is 0.379 e. The van der Waals surface area contributed by atoms with Crippen LogP contribution in [0.1, 0.15) is 6.92 Å². The molecular formula is C13H10O4. The lowest BCUT2D eigenvalue weighted by molar-refractivity contribution is -0.146. The third kappa shape index (κ3) is 2.42. The summed E-state index contributed by atoms with van der Waals surface area (Å²) in [6, 6.07) is 9.76. The molecule has 0 amide bonds. The first-order chi connectivity index (χ1) is 8.06. The molecule has 0 radical (unpaired) electrons. The van der Waals surface area contributed by atoms with E-state index in [1.165, 1.54) is 0 Å². The highest BCUT2D eigenvalue weighted by atomic mass is 16.5. The number of hydrogen-bond donors (Lipinski definition) is 1. The summed E-state index contributed by atoms with van der Waals surface area (Å²) in [5.74, 6) is -1.05. The van der Waals surface area contributed by atoms with Crippen LogP contribution in [0.4, 0.5) is 0 Å². The average molecular weight is 230 g/mol. The highest BCUT2D eigenvalue weighted by molar-refractivity contribution is 6.33. The lowest BCUT2D eigenvalue weighted by atomic mass is 10.1. The molecule has 86 valence electrons. The largest absolute Gasteiger partial charge is 0.508 e. The summed E-state index contributed by atoms with van der Waals surface area (Å²) in [4.78, 5) is 21.8. The van der Waals surface area contributed by atoms with E-state index in [1.54, 1.807) is 36.4 Å². The molecule has 2 aromatic rings. The Balaban J connectivity index is 2.35. The summed E-state index contributed by atoms with van der Waals surface area (Å²) in [5, 5.41) is 10.9. The molecule has 4 nitrogen and oxygen atoms in total. The number of ketones is 1. The number of fused-ring (bicyclic) bond motifs is 1. The van der Waals surface area contributed by atoms with Crippen LogP contribution in [0.2, 0.25) is 0 Å². The van der Waals surface area contributed by atoms with Crippen LogP contribution in [0.25, 0.3) is 10.8 Å². The molecule has 0 heterocycles. The molecule has 2 aromatic carbocycles. The fourth-order valence-electron chi connectivity index (χ4n) is 1.45. The zero-order valence-electron chi connectivity index (χ0n) is 9.14. The van der Waals surface area contributed by atoms with Crippen molar-refractivity contribution < 1.29 is 19.4 Å². The molecule has 17 heavy (non-hydrogen) atoms. The highest BCUT2D eigenvalue weighted by Gasteiger charge is 2.10. The molecule has 0 bridgehead atoms. The number of ether oxygens (including phenoxy) is 1. The van der Waals surface area contributed by atoms with Crippen molar-refractivity contribution in [1.82, 2.24) is 0 Å². The molecule has 0 fully saturated rings. The zero-order valence-corrected chi connectivity index (χ0v) is 9.14. The van der Waals surface area contributed by atoms with E-state index in [4.69, 9.17) is 4.74 Å². The first kappa shape index (κ1) is 11.1. The van der Waals surface area contributed by atoms with Crippen molar-refractivity contribution in [3.8, 4) is 11.5 Å². The van der Waals surface area contributed by atoms with Gasteiger partial charge in [-0.3, -0.25) is 4.79 Å². The number of hydrogen-bond acceptors (Lipinski definition) is 4. The number of benzene rings is 2. The van der Waals surface area contributed by atoms with Crippen LogP contribution in [0.3, 0.4) is 0 Å². The van der Waals surface area contributed by atoms with Crippen molar-refractivity contribution in [3.63, 3.8) is 0 Å². The topological polar surface area (TPSA) is 63.6 Å². The van der Waals surface area contributed by atoms with E-state index in [9.17, 15) is 14.7 Å². The van der Waals surface area contributed by atoms with Crippen LogP contribution in [0.5, 0.6) is 11.5 Å². The fraction of sp³-hybridized carbons (Fsp3) is 0.0769. The van der Waals surface area contributed by atoms with Crippen LogP contribution in [0.15, 0.2) is 36.4 Å². The number of carbonyl (C=O) groups excluding carboxylic acids is 2. The molecule has 4 heteroatoms. The first-order valence-electron chi connectivity index (χ1n) is 5.02. The second-order valence-electron chi connectivity index (χ2n) is 3.64. The molecular weight excluding hydrogens is 220 g/mol. The number of aromatic hydroxyl groups is 1. The first-order valence-corrected chi connectivity index (χ1v) is 5.02. The molecule has 0 aliphatic heterocycles. The van der Waals surface area contributed by atoms with E-state index in [1.807, 2.05) is 0 Å². The smallest absolute Gasteiger partial charge is 0.379 e. The predicted octanol–water partition coefficient (Wildman–Crippen LogP) is 2.04. The maximum atomic E-state index is 11.1. The van der Waals surface area contributed by atoms with Crippen LogP contribution >= 0.6 is 0 Å². The van der Waals surface area contributed by atoms with Gasteiger partial charge in [-0.15, -0.1) is 0 Å². The van der Waals surface area contributed by atoms with Gasteiger partial charge in [-0.2, -0.15) is 0 Å². The van der Waals surface area contributed by atoms with E-state index in [0.717, 1.165) is 17.7 Å². The molecule has 0 atom stereocenters. The van der Waals surface area contributed by atoms with Gasteiger partial charge in [0.2, 0.25) is 5.78 Å². The van der Waals surface area contributed by atoms with Crippen molar-refractivity contribution in [3.05, 3.63) is 36.4 Å². The number of phenolic OH excluding ortho intramolecular Hbond substituents is 1. The molecule has 0 spiro atoms. The van der Waals surface area contributed by atoms with Gasteiger partial charge in [0.15, 0.2) is 0 Å². The fourth-order valence-corrected chi connectivity index (χ4v) is 1.45. The van der Waals surface area contributed by atoms with Gasteiger partial charge in [0.25, 0.3) is 0 Å². The Kier molecular flexibility index (Phi) is 2.78. The maximum absolute atomic E-state index is 11.1. The third-order valence-corrected chi connectivity index (χ3v) is 2.29. The lowest BCUT2D eigenvalue weighted by Crippen LogP contribution is -2.16. The Bertz CT molecular complexity index is 601. The van der Waals surface area contributed by atoms with E-state index >= 15 is 0 Å². The molecule has 0 saturated carbocycles. The summed E-state index contributed by atoms with van der Waals surface area (Å²) >= 11 is 0. The van der Waals surface area contributed by atoms with Crippen molar-refractivity contribution in [1.29, 1.82) is 0 Å². The number of Topliss-reactive ketones (excluding diaryl/α,β-unsaturated/α-hetero) is 1. The van der Waals surface area contributed by atoms with E-state index in [0.29, 0.717) is 5.75 Å². The van der Waals surface area contributed by atoms with Crippen molar-refractivity contribution in [2.45, 2.75) is 6.92 Å². The summed E-state index contributed by atoms with van der Waals surface area (Å²) in [6.45, 7) is 1.15. The molecule has 0 aromatic heterocycles. The van der Waals surface area contributed by atoms with Crippen LogP contribution in [-0.4, -0.2) is 16.9 Å². The van der Waals surface area contributed by atoms with Crippen molar-refractivity contribution in [2.75, 3.05) is 0 Å². The SMILES string of the molecule is CC(=O)C(=O)Oc1ccc2cc(O)ccc2c1. The van der Waals surface area contributed by atoms with Gasteiger partial charge in [-0.05, 0) is 35.0 Å². The van der Waals surface area contributed by atoms with Gasteiger partial charge < -0.3 is 9.84 Å². The van der Waals surface area contributed by atoms with Gasteiger partial charge in [-0.25, -0.2) is 4.79 Å². The Labute approximate surface area is 97.4 Å². The number of rotatable bonds is 2. The summed E-state index contributed by atoms with van der Waals surface area (Å²) in [7, 11) is 0. The van der Waals surface area contributed by atoms with Crippen LogP contribution in [0, 0.1) is 0 Å². The monoisotopic (exact) mass is 230 g/mol. The minimum absolute atomic E-state index is 0.172. The van der Waals surface area contributed by atoms with Gasteiger partial charge in [-0.1, -0.05) is 12.1 Å². The van der Waals surface area contributed by atoms with E-state index < -0.39 is 11.8 Å². The van der Waals surface area contributed by atoms with Gasteiger partial charge in [0.05, 0.1) is 0 Å². The molecule has 0 unspecified atom stereocenters. The lowest BCUT2D eigenvalue weighted by Gasteiger charge is -2.04. The van der Waals surface area contributed by atoms with Crippen molar-refractivity contribution >= 4 is 22.5 Å². The molecule has 0 aliphatic rings. The van der Waals surface area contributed by atoms with Gasteiger partial charge >= 0.3 is 5.97 Å². The molecule has 2 rings (SSSR count). The Morgan fingerprint density at radius 2 is 1.71 bits per heavy atom. The molecule has 1 N–H and O–H groups in total. The van der Waals surface area contributed by atoms with Gasteiger partial charge in [0.1, 0.15) is 11.5 Å². The normalized spacial score (nSPS) is 10.2. The van der Waals surface area contributed by atoms with Gasteiger partial charge in [0, 0.05) is 6.92 Å². The summed E-state index contributed by atoms with van der Waals surface area (Å²) in [6.07, 6.45) is 0. The Hall–Kier alpha value is -2.36. The average Bonchev–Trinajstić information content (AvgIpc) is 2.29. The standard InChI is InChI=1S/C13H10O4/c1-8(14)13(16)17-12-5-3-9-6-11(15)4-2-10(9)7-12/h2-7,15H,1H3. The van der Waals surface area contributed by atoms with E-state index in [2.05, 4.69) is 0 Å². The predicted molar refractivity (Wildman–Crippen MR) is 61.9 cm³/mol. The summed E-state index contributed by atoms with van der Waals surface area (Å²) in [5.41, 5.74) is 0. The minimum atomic E-state index is -0.886. The Morgan fingerprint density at radius 1 is 1.06 bits per heavy atom. The third-order valence-electron chi connectivity index (χ3n) is 2.29. The number of carbonyl (C=O) groups is 2. The number of esters is 1.